The summed E-state index contributed by atoms with van der Waals surface area (Å²) in [6.45, 7) is 2.08. The van der Waals surface area contributed by atoms with E-state index in [1.807, 2.05) is 6.20 Å². The molecule has 6 heteroatoms. The second-order valence-corrected chi connectivity index (χ2v) is 7.38. The lowest BCUT2D eigenvalue weighted by molar-refractivity contribution is 0.453. The summed E-state index contributed by atoms with van der Waals surface area (Å²) in [5, 5.41) is 0. The molecule has 1 aromatic carbocycles. The Balaban J connectivity index is 1.34. The minimum Gasteiger partial charge on any atom is -0.350 e. The topological polar surface area (TPSA) is 50.1 Å². The number of rotatable bonds is 4. The average molecular weight is 348 g/mol. The fraction of sp³-hybridized carbons (Fsp3) is 0.450. The first-order valence-electron chi connectivity index (χ1n) is 9.52. The van der Waals surface area contributed by atoms with Crippen molar-refractivity contribution in [1.82, 2.24) is 19.5 Å². The van der Waals surface area contributed by atoms with Crippen molar-refractivity contribution in [3.8, 4) is 0 Å². The van der Waals surface area contributed by atoms with Crippen LogP contribution in [-0.4, -0.2) is 44.7 Å². The second-order valence-electron chi connectivity index (χ2n) is 7.38. The maximum atomic E-state index is 4.87. The molecule has 5 rings (SSSR count). The van der Waals surface area contributed by atoms with E-state index in [2.05, 4.69) is 61.7 Å². The molecule has 1 saturated heterocycles. The van der Waals surface area contributed by atoms with Crippen LogP contribution < -0.4 is 9.80 Å². The molecule has 0 amide bonds. The number of imidazole rings is 1. The summed E-state index contributed by atoms with van der Waals surface area (Å²) in [6.07, 6.45) is 8.38. The molecule has 26 heavy (non-hydrogen) atoms. The predicted molar refractivity (Wildman–Crippen MR) is 103 cm³/mol. The van der Waals surface area contributed by atoms with Crippen LogP contribution in [0.1, 0.15) is 25.7 Å². The van der Waals surface area contributed by atoms with Gasteiger partial charge in [0, 0.05) is 38.4 Å². The maximum Gasteiger partial charge on any atom is 0.206 e. The highest BCUT2D eigenvalue weighted by Gasteiger charge is 2.36. The van der Waals surface area contributed by atoms with E-state index in [1.54, 1.807) is 6.33 Å². The molecule has 2 fully saturated rings. The molecule has 0 bridgehead atoms. The Morgan fingerprint density at radius 2 is 1.77 bits per heavy atom. The Hall–Kier alpha value is -2.63. The van der Waals surface area contributed by atoms with Gasteiger partial charge in [0.2, 0.25) is 5.95 Å². The third kappa shape index (κ3) is 2.69. The molecule has 3 heterocycles. The molecule has 6 nitrogen and oxygen atoms in total. The number of benzene rings is 1. The van der Waals surface area contributed by atoms with Crippen molar-refractivity contribution in [3.63, 3.8) is 0 Å². The lowest BCUT2D eigenvalue weighted by Gasteiger charge is -2.39. The third-order valence-corrected chi connectivity index (χ3v) is 5.68. The summed E-state index contributed by atoms with van der Waals surface area (Å²) >= 11 is 0. The molecule has 0 spiro atoms. The average Bonchev–Trinajstić information content (AvgIpc) is 3.47. The van der Waals surface area contributed by atoms with E-state index >= 15 is 0 Å². The molecule has 0 unspecified atom stereocenters. The minimum atomic E-state index is 0.559. The van der Waals surface area contributed by atoms with Crippen molar-refractivity contribution in [2.24, 2.45) is 7.05 Å². The van der Waals surface area contributed by atoms with Crippen molar-refractivity contribution in [2.45, 2.75) is 37.8 Å². The van der Waals surface area contributed by atoms with Crippen molar-refractivity contribution < 1.29 is 0 Å². The van der Waals surface area contributed by atoms with E-state index in [4.69, 9.17) is 4.98 Å². The molecule has 1 saturated carbocycles. The number of piperidine rings is 1. The van der Waals surface area contributed by atoms with E-state index < -0.39 is 0 Å². The van der Waals surface area contributed by atoms with Gasteiger partial charge >= 0.3 is 0 Å². The molecule has 1 aliphatic carbocycles. The molecular formula is C20H24N6. The monoisotopic (exact) mass is 348 g/mol. The van der Waals surface area contributed by atoms with Crippen LogP contribution >= 0.6 is 0 Å². The van der Waals surface area contributed by atoms with Gasteiger partial charge < -0.3 is 14.4 Å². The number of hydrogen-bond acceptors (Lipinski definition) is 5. The SMILES string of the molecule is Cn1c(N2CCC(N(c3ccncn3)C3CC3)CC2)nc2ccccc21. The molecule has 0 radical (unpaired) electrons. The number of aryl methyl sites for hydroxylation is 1. The van der Waals surface area contributed by atoms with Gasteiger partial charge in [-0.25, -0.2) is 15.0 Å². The zero-order valence-corrected chi connectivity index (χ0v) is 15.1. The summed E-state index contributed by atoms with van der Waals surface area (Å²) in [5.74, 6) is 2.17. The van der Waals surface area contributed by atoms with Crippen LogP contribution in [0.15, 0.2) is 42.9 Å². The number of aromatic nitrogens is 4. The van der Waals surface area contributed by atoms with Crippen LogP contribution in [0.25, 0.3) is 11.0 Å². The first-order chi connectivity index (χ1) is 12.8. The highest BCUT2D eigenvalue weighted by Crippen LogP contribution is 2.35. The zero-order valence-electron chi connectivity index (χ0n) is 15.1. The van der Waals surface area contributed by atoms with Gasteiger partial charge in [0.1, 0.15) is 12.1 Å². The minimum absolute atomic E-state index is 0.559. The number of nitrogens with zero attached hydrogens (tertiary/aromatic N) is 6. The molecule has 2 aliphatic rings. The number of hydrogen-bond donors (Lipinski definition) is 0. The lowest BCUT2D eigenvalue weighted by Crippen LogP contribution is -2.47. The fourth-order valence-electron chi connectivity index (χ4n) is 4.22. The van der Waals surface area contributed by atoms with Crippen LogP contribution in [0.5, 0.6) is 0 Å². The Morgan fingerprint density at radius 3 is 2.46 bits per heavy atom. The van der Waals surface area contributed by atoms with Crippen LogP contribution in [0, 0.1) is 0 Å². The first kappa shape index (κ1) is 15.6. The van der Waals surface area contributed by atoms with Crippen molar-refractivity contribution >= 4 is 22.8 Å². The summed E-state index contributed by atoms with van der Waals surface area (Å²) in [5.41, 5.74) is 2.28. The smallest absolute Gasteiger partial charge is 0.206 e. The molecule has 1 aliphatic heterocycles. The second kappa shape index (κ2) is 6.27. The van der Waals surface area contributed by atoms with Gasteiger partial charge in [0.15, 0.2) is 0 Å². The highest BCUT2D eigenvalue weighted by atomic mass is 15.3. The highest BCUT2D eigenvalue weighted by molar-refractivity contribution is 5.78. The normalized spacial score (nSPS) is 18.4. The van der Waals surface area contributed by atoms with Gasteiger partial charge in [0.05, 0.1) is 11.0 Å². The molecule has 0 atom stereocenters. The van der Waals surface area contributed by atoms with E-state index in [0.717, 1.165) is 43.2 Å². The molecule has 3 aromatic rings. The summed E-state index contributed by atoms with van der Waals surface area (Å²) in [6, 6.07) is 11.6. The molecule has 0 N–H and O–H groups in total. The number of anilines is 2. The van der Waals surface area contributed by atoms with E-state index in [0.29, 0.717) is 12.1 Å². The van der Waals surface area contributed by atoms with Crippen LogP contribution in [0.4, 0.5) is 11.8 Å². The van der Waals surface area contributed by atoms with Crippen LogP contribution in [0.2, 0.25) is 0 Å². The summed E-state index contributed by atoms with van der Waals surface area (Å²) in [4.78, 5) is 18.4. The van der Waals surface area contributed by atoms with E-state index in [9.17, 15) is 0 Å². The van der Waals surface area contributed by atoms with E-state index in [1.165, 1.54) is 18.4 Å². The molecular weight excluding hydrogens is 324 g/mol. The lowest BCUT2D eigenvalue weighted by atomic mass is 10.0. The third-order valence-electron chi connectivity index (χ3n) is 5.68. The van der Waals surface area contributed by atoms with E-state index in [-0.39, 0.29) is 0 Å². The largest absolute Gasteiger partial charge is 0.350 e. The van der Waals surface area contributed by atoms with Gasteiger partial charge in [-0.15, -0.1) is 0 Å². The Kier molecular flexibility index (Phi) is 3.76. The van der Waals surface area contributed by atoms with Crippen molar-refractivity contribution in [2.75, 3.05) is 22.9 Å². The quantitative estimate of drug-likeness (QED) is 0.725. The predicted octanol–water partition coefficient (Wildman–Crippen LogP) is 3.00. The Labute approximate surface area is 153 Å². The Morgan fingerprint density at radius 1 is 1.00 bits per heavy atom. The van der Waals surface area contributed by atoms with Crippen molar-refractivity contribution in [1.29, 1.82) is 0 Å². The van der Waals surface area contributed by atoms with Gasteiger partial charge in [-0.05, 0) is 43.9 Å². The van der Waals surface area contributed by atoms with Gasteiger partial charge in [-0.3, -0.25) is 0 Å². The molecule has 134 valence electrons. The van der Waals surface area contributed by atoms with Crippen molar-refractivity contribution in [3.05, 3.63) is 42.9 Å². The van der Waals surface area contributed by atoms with Crippen LogP contribution in [0.3, 0.4) is 0 Å². The fourth-order valence-corrected chi connectivity index (χ4v) is 4.22. The van der Waals surface area contributed by atoms with Crippen LogP contribution in [-0.2, 0) is 7.05 Å². The first-order valence-corrected chi connectivity index (χ1v) is 9.52. The summed E-state index contributed by atoms with van der Waals surface area (Å²) < 4.78 is 2.22. The van der Waals surface area contributed by atoms with Gasteiger partial charge in [-0.1, -0.05) is 12.1 Å². The number of fused-ring (bicyclic) bond motifs is 1. The molecule has 2 aromatic heterocycles. The zero-order chi connectivity index (χ0) is 17.5. The number of para-hydroxylation sites is 2. The van der Waals surface area contributed by atoms with Gasteiger partial charge in [-0.2, -0.15) is 0 Å². The van der Waals surface area contributed by atoms with Gasteiger partial charge in [0.25, 0.3) is 0 Å². The Bertz CT molecular complexity index is 893. The standard InChI is InChI=1S/C20H24N6/c1-24-18-5-3-2-4-17(18)23-20(24)25-12-9-16(10-13-25)26(15-6-7-15)19-8-11-21-14-22-19/h2-5,8,11,14-16H,6-7,9-10,12-13H2,1H3. The maximum absolute atomic E-state index is 4.87. The summed E-state index contributed by atoms with van der Waals surface area (Å²) in [7, 11) is 2.12.